The topological polar surface area (TPSA) is 57.2 Å². The average molecular weight is 512 g/mol. The third kappa shape index (κ3) is 6.28. The maximum Gasteiger partial charge on any atom is 1.00 e. The summed E-state index contributed by atoms with van der Waals surface area (Å²) < 4.78 is 224. The van der Waals surface area contributed by atoms with Gasteiger partial charge in [-0.2, -0.15) is 26.3 Å². The first-order chi connectivity index (χ1) is 13.1. The molecule has 0 aliphatic carbocycles. The summed E-state index contributed by atoms with van der Waals surface area (Å²) in [5.74, 6) is -22.1. The molecule has 0 aromatic carbocycles. The molecular weight excluding hydrogens is 504 g/mol. The number of halogens is 15. The van der Waals surface area contributed by atoms with Gasteiger partial charge in [0.15, 0.2) is 30.9 Å². The van der Waals surface area contributed by atoms with Gasteiger partial charge < -0.3 is 4.55 Å². The van der Waals surface area contributed by atoms with Crippen molar-refractivity contribution >= 4 is 10.1 Å². The summed E-state index contributed by atoms with van der Waals surface area (Å²) >= 11 is 0. The van der Waals surface area contributed by atoms with Crippen LogP contribution in [0.1, 0.15) is 0 Å². The van der Waals surface area contributed by atoms with E-state index in [0.717, 1.165) is 0 Å². The van der Waals surface area contributed by atoms with E-state index in [-0.39, 0.29) is 18.9 Å². The second-order valence-corrected chi connectivity index (χ2v) is 6.99. The summed E-state index contributed by atoms with van der Waals surface area (Å²) in [4.78, 5) is 0. The Kier molecular flexibility index (Phi) is 11.2. The molecule has 31 heavy (non-hydrogen) atoms. The Labute approximate surface area is 175 Å². The molecule has 0 aliphatic rings. The Morgan fingerprint density at radius 3 is 1.23 bits per heavy atom. The summed E-state index contributed by atoms with van der Waals surface area (Å²) in [5.41, 5.74) is -5.65. The zero-order valence-electron chi connectivity index (χ0n) is 14.4. The minimum absolute atomic E-state index is 0. The van der Waals surface area contributed by atoms with Gasteiger partial charge in [0.25, 0.3) is 11.9 Å². The van der Waals surface area contributed by atoms with E-state index in [9.17, 15) is 78.8 Å². The Balaban J connectivity index is 0. The van der Waals surface area contributed by atoms with Crippen LogP contribution in [-0.2, 0) is 10.1 Å². The van der Waals surface area contributed by atoms with Crippen molar-refractivity contribution < 1.29 is 97.7 Å². The zero-order valence-corrected chi connectivity index (χ0v) is 15.2. The first kappa shape index (κ1) is 32.6. The van der Waals surface area contributed by atoms with Crippen molar-refractivity contribution in [3.63, 3.8) is 0 Å². The largest absolute Gasteiger partial charge is 1.00 e. The van der Waals surface area contributed by atoms with Crippen LogP contribution >= 0.6 is 0 Å². The van der Waals surface area contributed by atoms with E-state index in [1.807, 2.05) is 0 Å². The van der Waals surface area contributed by atoms with E-state index in [2.05, 4.69) is 0 Å². The van der Waals surface area contributed by atoms with Gasteiger partial charge in [0.05, 0.1) is 0 Å². The summed E-state index contributed by atoms with van der Waals surface area (Å²) in [6.45, 7) is 0. The molecule has 0 fully saturated rings. The molecule has 3 nitrogen and oxygen atoms in total. The standard InChI is InChI=1S/C11H9F15O3S.Li/c12-1(3(14)5(16)7(18)19)2(13)4(15)6(17)9(21,22)11(25,26)10(23,24)8(20)30(27,28)29;/h1-8H,(H,27,28,29);/q;+1/p-1. The van der Waals surface area contributed by atoms with Gasteiger partial charge in [-0.3, -0.25) is 0 Å². The Bertz CT molecular complexity index is 677. The summed E-state index contributed by atoms with van der Waals surface area (Å²) in [6, 6.07) is 0. The molecule has 0 aromatic rings. The van der Waals surface area contributed by atoms with Crippen molar-refractivity contribution in [3.8, 4) is 0 Å². The number of hydrogen-bond donors (Lipinski definition) is 0. The molecule has 7 unspecified atom stereocenters. The third-order valence-corrected chi connectivity index (χ3v) is 4.26. The molecule has 0 saturated heterocycles. The van der Waals surface area contributed by atoms with Crippen molar-refractivity contribution in [3.05, 3.63) is 0 Å². The molecule has 0 rings (SSSR count). The molecule has 0 aliphatic heterocycles. The first-order valence-electron chi connectivity index (χ1n) is 6.91. The fraction of sp³-hybridized carbons (Fsp3) is 1.00. The van der Waals surface area contributed by atoms with Gasteiger partial charge >= 0.3 is 36.6 Å². The second-order valence-electron chi connectivity index (χ2n) is 5.59. The van der Waals surface area contributed by atoms with E-state index >= 15 is 0 Å². The maximum absolute atomic E-state index is 13.3. The molecule has 0 amide bonds. The summed E-state index contributed by atoms with van der Waals surface area (Å²) in [7, 11) is -7.10. The fourth-order valence-electron chi connectivity index (χ4n) is 1.75. The molecule has 0 heterocycles. The smallest absolute Gasteiger partial charge is 0.746 e. The number of rotatable bonds is 11. The van der Waals surface area contributed by atoms with E-state index in [1.54, 1.807) is 0 Å². The van der Waals surface area contributed by atoms with E-state index < -0.39 is 76.8 Å². The quantitative estimate of drug-likeness (QED) is 0.236. The van der Waals surface area contributed by atoms with Gasteiger partial charge in [0.1, 0.15) is 10.1 Å². The third-order valence-electron chi connectivity index (χ3n) is 3.46. The molecule has 182 valence electrons. The summed E-state index contributed by atoms with van der Waals surface area (Å²) in [6.07, 6.45) is -33.0. The normalized spacial score (nSPS) is 20.9. The van der Waals surface area contributed by atoms with Gasteiger partial charge in [-0.15, -0.1) is 0 Å². The van der Waals surface area contributed by atoms with Crippen LogP contribution in [0, 0.1) is 0 Å². The van der Waals surface area contributed by atoms with Crippen molar-refractivity contribution in [2.45, 2.75) is 66.7 Å². The van der Waals surface area contributed by atoms with Crippen LogP contribution in [0.25, 0.3) is 0 Å². The Hall–Kier alpha value is -0.543. The van der Waals surface area contributed by atoms with Crippen LogP contribution < -0.4 is 18.9 Å². The van der Waals surface area contributed by atoms with Crippen LogP contribution in [0.3, 0.4) is 0 Å². The predicted octanol–water partition coefficient (Wildman–Crippen LogP) is 1.03. The Morgan fingerprint density at radius 2 is 0.903 bits per heavy atom. The molecule has 20 heteroatoms. The molecule has 0 spiro atoms. The summed E-state index contributed by atoms with van der Waals surface area (Å²) in [5, 5.41) is 0. The number of hydrogen-bond acceptors (Lipinski definition) is 3. The van der Waals surface area contributed by atoms with Gasteiger partial charge in [0.2, 0.25) is 6.17 Å². The average Bonchev–Trinajstić information content (AvgIpc) is 2.62. The van der Waals surface area contributed by atoms with Crippen LogP contribution in [0.4, 0.5) is 65.9 Å². The van der Waals surface area contributed by atoms with Crippen LogP contribution in [-0.4, -0.2) is 79.7 Å². The van der Waals surface area contributed by atoms with Crippen molar-refractivity contribution in [2.24, 2.45) is 0 Å². The van der Waals surface area contributed by atoms with Crippen LogP contribution in [0.5, 0.6) is 0 Å². The van der Waals surface area contributed by atoms with E-state index in [0.29, 0.717) is 0 Å². The fourth-order valence-corrected chi connectivity index (χ4v) is 2.26. The second kappa shape index (κ2) is 10.6. The van der Waals surface area contributed by atoms with Gasteiger partial charge in [0, 0.05) is 0 Å². The SMILES string of the molecule is O=S(=O)([O-])C(F)C(F)(F)C(F)(F)C(F)(F)C(F)C(F)C(F)C(F)C(F)C(F)C(F)F.[Li+]. The maximum atomic E-state index is 13.3. The molecule has 0 radical (unpaired) electrons. The van der Waals surface area contributed by atoms with Gasteiger partial charge in [-0.1, -0.05) is 0 Å². The predicted molar refractivity (Wildman–Crippen MR) is 64.8 cm³/mol. The molecular formula is C11H8F15LiO3S. The van der Waals surface area contributed by atoms with Crippen molar-refractivity contribution in [2.75, 3.05) is 0 Å². The zero-order chi connectivity index (χ0) is 24.6. The molecule has 0 aromatic heterocycles. The Morgan fingerprint density at radius 1 is 0.581 bits per heavy atom. The minimum atomic E-state index is -7.59. The van der Waals surface area contributed by atoms with E-state index in [1.165, 1.54) is 0 Å². The van der Waals surface area contributed by atoms with Crippen molar-refractivity contribution in [1.82, 2.24) is 0 Å². The van der Waals surface area contributed by atoms with Gasteiger partial charge in [-0.25, -0.2) is 47.9 Å². The number of alkyl halides is 15. The molecule has 0 N–H and O–H groups in total. The molecule has 0 saturated carbocycles. The van der Waals surface area contributed by atoms with Gasteiger partial charge in [-0.05, 0) is 0 Å². The minimum Gasteiger partial charge on any atom is -0.746 e. The molecule has 0 bridgehead atoms. The van der Waals surface area contributed by atoms with Crippen LogP contribution in [0.2, 0.25) is 0 Å². The van der Waals surface area contributed by atoms with Crippen molar-refractivity contribution in [1.29, 1.82) is 0 Å². The van der Waals surface area contributed by atoms with Crippen LogP contribution in [0.15, 0.2) is 0 Å². The monoisotopic (exact) mass is 512 g/mol. The van der Waals surface area contributed by atoms with E-state index in [4.69, 9.17) is 0 Å². The molecule has 7 atom stereocenters. The first-order valence-corrected chi connectivity index (χ1v) is 8.38.